The lowest BCUT2D eigenvalue weighted by atomic mass is 9.89. The van der Waals surface area contributed by atoms with Gasteiger partial charge in [-0.2, -0.15) is 5.10 Å². The number of rotatable bonds is 5. The van der Waals surface area contributed by atoms with E-state index in [1.54, 1.807) is 12.1 Å². The van der Waals surface area contributed by atoms with E-state index in [0.29, 0.717) is 18.3 Å². The number of carbonyl (C=O) groups excluding carboxylic acids is 1. The van der Waals surface area contributed by atoms with Gasteiger partial charge in [0.05, 0.1) is 0 Å². The number of halogens is 1. The van der Waals surface area contributed by atoms with E-state index in [9.17, 15) is 9.18 Å². The molecule has 2 aliphatic carbocycles. The van der Waals surface area contributed by atoms with Gasteiger partial charge in [-0.05, 0) is 49.8 Å². The lowest BCUT2D eigenvalue weighted by Crippen LogP contribution is -2.53. The average molecular weight is 440 g/mol. The van der Waals surface area contributed by atoms with Gasteiger partial charge in [-0.25, -0.2) is 4.39 Å². The van der Waals surface area contributed by atoms with Crippen LogP contribution in [0.25, 0.3) is 0 Å². The van der Waals surface area contributed by atoms with Gasteiger partial charge in [0.2, 0.25) is 0 Å². The Labute approximate surface area is 189 Å². The molecule has 1 aromatic heterocycles. The predicted octanol–water partition coefficient (Wildman–Crippen LogP) is 2.91. The molecule has 1 saturated carbocycles. The van der Waals surface area contributed by atoms with Crippen molar-refractivity contribution in [3.63, 3.8) is 0 Å². The summed E-state index contributed by atoms with van der Waals surface area (Å²) >= 11 is 0. The second kappa shape index (κ2) is 9.32. The summed E-state index contributed by atoms with van der Waals surface area (Å²) in [7, 11) is 1.94. The molecule has 0 unspecified atom stereocenters. The molecule has 32 heavy (non-hydrogen) atoms. The highest BCUT2D eigenvalue weighted by Crippen LogP contribution is 2.29. The molecule has 3 aliphatic rings. The van der Waals surface area contributed by atoms with Crippen LogP contribution in [0.4, 0.5) is 4.39 Å². The number of piperazine rings is 1. The smallest absolute Gasteiger partial charge is 0.272 e. The van der Waals surface area contributed by atoms with Crippen LogP contribution in [0, 0.1) is 5.82 Å². The molecule has 1 aromatic carbocycles. The summed E-state index contributed by atoms with van der Waals surface area (Å²) in [5, 5.41) is 7.55. The van der Waals surface area contributed by atoms with Crippen LogP contribution >= 0.6 is 0 Å². The number of nitrogens with zero attached hydrogens (tertiary/aromatic N) is 4. The van der Waals surface area contributed by atoms with Crippen LogP contribution in [0.1, 0.15) is 59.4 Å². The Kier molecular flexibility index (Phi) is 6.28. The number of hydrogen-bond donors (Lipinski definition) is 1. The van der Waals surface area contributed by atoms with Crippen molar-refractivity contribution in [2.45, 2.75) is 63.6 Å². The molecule has 7 heteroatoms. The summed E-state index contributed by atoms with van der Waals surface area (Å²) in [6.07, 6.45) is 8.53. The molecule has 0 bridgehead atoms. The van der Waals surface area contributed by atoms with Gasteiger partial charge in [0.15, 0.2) is 5.69 Å². The largest absolute Gasteiger partial charge is 0.347 e. The van der Waals surface area contributed by atoms with Gasteiger partial charge in [-0.15, -0.1) is 0 Å². The van der Waals surface area contributed by atoms with E-state index in [2.05, 4.69) is 20.2 Å². The molecule has 5 rings (SSSR count). The van der Waals surface area contributed by atoms with E-state index in [1.807, 2.05) is 11.7 Å². The van der Waals surface area contributed by atoms with Crippen LogP contribution in [-0.4, -0.2) is 63.8 Å². The maximum atomic E-state index is 13.1. The van der Waals surface area contributed by atoms with Crippen LogP contribution in [0.15, 0.2) is 24.3 Å². The molecule has 0 radical (unpaired) electrons. The maximum absolute atomic E-state index is 13.1. The Morgan fingerprint density at radius 3 is 2.38 bits per heavy atom. The molecule has 0 spiro atoms. The number of fused-ring (bicyclic) bond motifs is 1. The van der Waals surface area contributed by atoms with Gasteiger partial charge >= 0.3 is 0 Å². The minimum Gasteiger partial charge on any atom is -0.347 e. The first-order chi connectivity index (χ1) is 15.6. The molecular formula is C25H34FN5O. The second-order valence-electron chi connectivity index (χ2n) is 9.61. The molecule has 1 N–H and O–H groups in total. The number of aryl methyl sites for hydroxylation is 1. The fourth-order valence-corrected chi connectivity index (χ4v) is 5.87. The topological polar surface area (TPSA) is 53.4 Å². The third-order valence-electron chi connectivity index (χ3n) is 7.72. The third kappa shape index (κ3) is 4.46. The van der Waals surface area contributed by atoms with E-state index in [-0.39, 0.29) is 11.7 Å². The highest BCUT2D eigenvalue weighted by Gasteiger charge is 2.33. The Morgan fingerprint density at radius 1 is 1.03 bits per heavy atom. The van der Waals surface area contributed by atoms with Gasteiger partial charge in [-0.3, -0.25) is 19.3 Å². The summed E-state index contributed by atoms with van der Waals surface area (Å²) < 4.78 is 15.0. The summed E-state index contributed by atoms with van der Waals surface area (Å²) in [5.74, 6) is -0.410. The molecule has 1 aliphatic heterocycles. The fraction of sp³-hybridized carbons (Fsp3) is 0.600. The van der Waals surface area contributed by atoms with E-state index in [0.717, 1.165) is 49.5 Å². The molecule has 6 nitrogen and oxygen atoms in total. The molecule has 2 aromatic rings. The van der Waals surface area contributed by atoms with Gasteiger partial charge in [0.25, 0.3) is 5.91 Å². The third-order valence-corrected chi connectivity index (χ3v) is 7.72. The van der Waals surface area contributed by atoms with E-state index in [4.69, 9.17) is 0 Å². The first-order valence-corrected chi connectivity index (χ1v) is 12.1. The normalized spacial score (nSPS) is 22.8. The van der Waals surface area contributed by atoms with Gasteiger partial charge in [0, 0.05) is 63.1 Å². The number of amides is 1. The Hall–Kier alpha value is -2.25. The fourth-order valence-electron chi connectivity index (χ4n) is 5.87. The molecule has 1 amide bonds. The second-order valence-corrected chi connectivity index (χ2v) is 9.61. The zero-order valence-electron chi connectivity index (χ0n) is 19.0. The van der Waals surface area contributed by atoms with Crippen molar-refractivity contribution < 1.29 is 9.18 Å². The van der Waals surface area contributed by atoms with Crippen molar-refractivity contribution in [3.05, 3.63) is 52.6 Å². The number of hydrogen-bond acceptors (Lipinski definition) is 4. The first-order valence-electron chi connectivity index (χ1n) is 12.1. The van der Waals surface area contributed by atoms with Crippen LogP contribution in [0.3, 0.4) is 0 Å². The SMILES string of the molecule is Cn1nc(C(=O)NCc2ccc(F)cc2)c2c1CC[C@H](N1CCN(C3CCCC3)CC1)C2. The van der Waals surface area contributed by atoms with Gasteiger partial charge in [0.1, 0.15) is 5.82 Å². The molecule has 2 heterocycles. The quantitative estimate of drug-likeness (QED) is 0.779. The Morgan fingerprint density at radius 2 is 1.69 bits per heavy atom. The van der Waals surface area contributed by atoms with Crippen LogP contribution in [0.2, 0.25) is 0 Å². The molecule has 2 fully saturated rings. The van der Waals surface area contributed by atoms with Gasteiger partial charge < -0.3 is 5.32 Å². The molecule has 172 valence electrons. The van der Waals surface area contributed by atoms with Crippen molar-refractivity contribution >= 4 is 5.91 Å². The van der Waals surface area contributed by atoms with Crippen LogP contribution in [0.5, 0.6) is 0 Å². The lowest BCUT2D eigenvalue weighted by Gasteiger charge is -2.42. The summed E-state index contributed by atoms with van der Waals surface area (Å²) in [6.45, 7) is 4.97. The minimum absolute atomic E-state index is 0.141. The molecular weight excluding hydrogens is 405 g/mol. The van der Waals surface area contributed by atoms with Crippen molar-refractivity contribution in [1.82, 2.24) is 24.9 Å². The number of carbonyl (C=O) groups is 1. The zero-order chi connectivity index (χ0) is 22.1. The summed E-state index contributed by atoms with van der Waals surface area (Å²) in [4.78, 5) is 18.3. The van der Waals surface area contributed by atoms with Crippen LogP contribution < -0.4 is 5.32 Å². The Balaban J connectivity index is 1.22. The minimum atomic E-state index is -0.269. The summed E-state index contributed by atoms with van der Waals surface area (Å²) in [5.41, 5.74) is 3.73. The number of aromatic nitrogens is 2. The van der Waals surface area contributed by atoms with Crippen LogP contribution in [-0.2, 0) is 26.4 Å². The maximum Gasteiger partial charge on any atom is 0.272 e. The highest BCUT2D eigenvalue weighted by atomic mass is 19.1. The first kappa shape index (κ1) is 21.6. The van der Waals surface area contributed by atoms with E-state index in [1.165, 1.54) is 56.6 Å². The average Bonchev–Trinajstić information content (AvgIpc) is 3.47. The van der Waals surface area contributed by atoms with E-state index < -0.39 is 0 Å². The number of benzene rings is 1. The lowest BCUT2D eigenvalue weighted by molar-refractivity contribution is 0.0654. The monoisotopic (exact) mass is 439 g/mol. The van der Waals surface area contributed by atoms with Crippen molar-refractivity contribution in [1.29, 1.82) is 0 Å². The van der Waals surface area contributed by atoms with Crippen molar-refractivity contribution in [2.75, 3.05) is 26.2 Å². The zero-order valence-corrected chi connectivity index (χ0v) is 19.0. The van der Waals surface area contributed by atoms with Crippen molar-refractivity contribution in [3.8, 4) is 0 Å². The standard InChI is InChI=1S/C25H34FN5O/c1-29-23-11-10-21(31-14-12-30(13-15-31)20-4-2-3-5-20)16-22(23)24(28-29)25(32)27-17-18-6-8-19(26)9-7-18/h6-9,20-21H,2-5,10-17H2,1H3,(H,27,32)/t21-/m0/s1. The highest BCUT2D eigenvalue weighted by molar-refractivity contribution is 5.94. The van der Waals surface area contributed by atoms with E-state index >= 15 is 0 Å². The van der Waals surface area contributed by atoms with Crippen molar-refractivity contribution in [2.24, 2.45) is 7.05 Å². The predicted molar refractivity (Wildman–Crippen MR) is 122 cm³/mol. The molecule has 1 saturated heterocycles. The number of nitrogens with one attached hydrogen (secondary N) is 1. The van der Waals surface area contributed by atoms with Gasteiger partial charge in [-0.1, -0.05) is 25.0 Å². The Bertz CT molecular complexity index is 942. The summed E-state index contributed by atoms with van der Waals surface area (Å²) in [6, 6.07) is 7.53. The molecule has 1 atom stereocenters.